The molecule has 2 aromatic rings. The van der Waals surface area contributed by atoms with Crippen LogP contribution in [0.3, 0.4) is 0 Å². The minimum absolute atomic E-state index is 0.0802. The first-order valence-electron chi connectivity index (χ1n) is 16.2. The van der Waals surface area contributed by atoms with Crippen molar-refractivity contribution in [3.05, 3.63) is 107 Å². The Labute approximate surface area is 275 Å². The van der Waals surface area contributed by atoms with Crippen LogP contribution in [-0.2, 0) is 9.47 Å². The van der Waals surface area contributed by atoms with Gasteiger partial charge in [-0.05, 0) is 78.8 Å². The molecule has 8 nitrogen and oxygen atoms in total. The molecule has 1 saturated carbocycles. The molecule has 4 aliphatic carbocycles. The topological polar surface area (TPSA) is 102 Å². The molecule has 5 aliphatic rings. The summed E-state index contributed by atoms with van der Waals surface area (Å²) in [4.78, 5) is 36.2. The predicted octanol–water partition coefficient (Wildman–Crippen LogP) is 6.32. The van der Waals surface area contributed by atoms with Gasteiger partial charge in [0.05, 0.1) is 18.2 Å². The van der Waals surface area contributed by atoms with Gasteiger partial charge in [0.1, 0.15) is 22.7 Å². The average Bonchev–Trinajstić information content (AvgIpc) is 3.85. The van der Waals surface area contributed by atoms with Gasteiger partial charge in [0.25, 0.3) is 11.8 Å². The fourth-order valence-corrected chi connectivity index (χ4v) is 9.85. The molecule has 2 fully saturated rings. The third-order valence-electron chi connectivity index (χ3n) is 10.7. The number of methoxy groups -OCH3 is 2. The highest BCUT2D eigenvalue weighted by Crippen LogP contribution is 2.65. The molecule has 2 aromatic heterocycles. The quantitative estimate of drug-likeness (QED) is 0.366. The number of fused-ring (bicyclic) bond motifs is 3. The van der Waals surface area contributed by atoms with Crippen molar-refractivity contribution in [2.24, 2.45) is 23.2 Å². The molecule has 46 heavy (non-hydrogen) atoms. The van der Waals surface area contributed by atoms with Crippen molar-refractivity contribution in [1.82, 2.24) is 20.6 Å². The first-order chi connectivity index (χ1) is 22.1. The van der Waals surface area contributed by atoms with Crippen LogP contribution < -0.4 is 10.6 Å². The number of hydrogen-bond acceptors (Lipinski definition) is 7. The van der Waals surface area contributed by atoms with Gasteiger partial charge >= 0.3 is 0 Å². The van der Waals surface area contributed by atoms with E-state index in [2.05, 4.69) is 52.7 Å². The van der Waals surface area contributed by atoms with Crippen LogP contribution in [0.2, 0.25) is 0 Å². The summed E-state index contributed by atoms with van der Waals surface area (Å²) in [6.07, 6.45) is 16.4. The van der Waals surface area contributed by atoms with Crippen molar-refractivity contribution < 1.29 is 19.1 Å². The smallest absolute Gasteiger partial charge is 0.274 e. The number of nitrogens with one attached hydrogen (secondary N) is 2. The lowest BCUT2D eigenvalue weighted by atomic mass is 9.59. The Kier molecular flexibility index (Phi) is 7.96. The van der Waals surface area contributed by atoms with Crippen LogP contribution in [0.1, 0.15) is 78.9 Å². The van der Waals surface area contributed by atoms with E-state index in [9.17, 15) is 9.59 Å². The van der Waals surface area contributed by atoms with Crippen LogP contribution in [0, 0.1) is 23.2 Å². The summed E-state index contributed by atoms with van der Waals surface area (Å²) in [6, 6.07) is 9.20. The van der Waals surface area contributed by atoms with E-state index in [0.717, 1.165) is 12.8 Å². The summed E-state index contributed by atoms with van der Waals surface area (Å²) in [5.74, 6) is 1.54. The lowest BCUT2D eigenvalue weighted by Gasteiger charge is -2.55. The molecule has 0 radical (unpaired) electrons. The van der Waals surface area contributed by atoms with Gasteiger partial charge in [0.15, 0.2) is 0 Å². The normalized spacial score (nSPS) is 32.2. The zero-order valence-corrected chi connectivity index (χ0v) is 27.9. The number of amides is 2. The van der Waals surface area contributed by atoms with E-state index in [-0.39, 0.29) is 39.9 Å². The Morgan fingerprint density at radius 2 is 1.85 bits per heavy atom. The molecule has 6 unspecified atom stereocenters. The molecule has 7 rings (SSSR count). The van der Waals surface area contributed by atoms with E-state index in [1.54, 1.807) is 38.0 Å². The average molecular weight is 639 g/mol. The van der Waals surface area contributed by atoms with Crippen LogP contribution in [0.15, 0.2) is 89.6 Å². The Hall–Kier alpha value is -3.69. The minimum atomic E-state index is -0.760. The second-order valence-electron chi connectivity index (χ2n) is 13.8. The minimum Gasteiger partial charge on any atom is -0.495 e. The molecule has 1 saturated heterocycles. The molecular weight excluding hydrogens is 596 g/mol. The zero-order valence-electron chi connectivity index (χ0n) is 27.1. The van der Waals surface area contributed by atoms with Gasteiger partial charge in [-0.15, -0.1) is 11.8 Å². The number of thioether (sulfide) groups is 1. The van der Waals surface area contributed by atoms with E-state index in [0.29, 0.717) is 35.0 Å². The first kappa shape index (κ1) is 30.9. The second kappa shape index (κ2) is 11.8. The molecule has 1 aliphatic heterocycles. The van der Waals surface area contributed by atoms with Crippen LogP contribution in [0.25, 0.3) is 0 Å². The van der Waals surface area contributed by atoms with Crippen molar-refractivity contribution in [1.29, 1.82) is 0 Å². The van der Waals surface area contributed by atoms with Crippen LogP contribution >= 0.6 is 11.8 Å². The Balaban J connectivity index is 1.13. The van der Waals surface area contributed by atoms with Gasteiger partial charge in [0.2, 0.25) is 0 Å². The van der Waals surface area contributed by atoms with E-state index >= 15 is 0 Å². The number of allylic oxidation sites excluding steroid dienone is 5. The Bertz CT molecular complexity index is 1680. The number of carbonyl (C=O) groups excluding carboxylic acids is 2. The molecule has 0 aromatic carbocycles. The lowest BCUT2D eigenvalue weighted by molar-refractivity contribution is 0.0278. The van der Waals surface area contributed by atoms with Gasteiger partial charge < -0.3 is 20.1 Å². The fourth-order valence-electron chi connectivity index (χ4n) is 8.29. The molecule has 0 spiro atoms. The summed E-state index contributed by atoms with van der Waals surface area (Å²) in [7, 11) is 3.16. The van der Waals surface area contributed by atoms with Gasteiger partial charge in [0, 0.05) is 43.0 Å². The third-order valence-corrected chi connectivity index (χ3v) is 12.4. The van der Waals surface area contributed by atoms with Crippen LogP contribution in [-0.4, -0.2) is 52.2 Å². The van der Waals surface area contributed by atoms with Gasteiger partial charge in [-0.1, -0.05) is 49.8 Å². The highest BCUT2D eigenvalue weighted by Gasteiger charge is 2.57. The highest BCUT2D eigenvalue weighted by atomic mass is 32.2. The molecule has 2 amide bonds. The molecule has 7 atom stereocenters. The summed E-state index contributed by atoms with van der Waals surface area (Å²) < 4.78 is 11.3. The number of hydrogen-bond donors (Lipinski definition) is 2. The van der Waals surface area contributed by atoms with Crippen molar-refractivity contribution in [2.75, 3.05) is 14.2 Å². The van der Waals surface area contributed by atoms with Crippen LogP contribution in [0.5, 0.6) is 0 Å². The zero-order chi connectivity index (χ0) is 32.2. The number of carbonyl (C=O) groups is 2. The fraction of sp³-hybridized carbons (Fsp3) is 0.459. The highest BCUT2D eigenvalue weighted by molar-refractivity contribution is 8.01. The standard InChI is InChI=1S/C37H42N4O4S/c1-36(2)30-21(13-14-22-19-24(22)30)15-16-28-29(31(36)23-9-8-18-38-20-23)35(46-28)41-34(43)26-11-6-10-25(39-26)33(42)40-32-27(44-4)12-7-17-37(32,3)45-5/h6-14,18,20,22,24,28-29,31,35H,15-17,19H2,1-5H3,(H,40,42)(H,41,43)/t22?,24?,28?,29?,31-,35?,37?/m0/s1. The van der Waals surface area contributed by atoms with Crippen molar-refractivity contribution >= 4 is 23.6 Å². The summed E-state index contributed by atoms with van der Waals surface area (Å²) >= 11 is 1.85. The summed E-state index contributed by atoms with van der Waals surface area (Å²) in [5.41, 5.74) is 4.39. The van der Waals surface area contributed by atoms with Crippen molar-refractivity contribution in [2.45, 2.75) is 68.6 Å². The van der Waals surface area contributed by atoms with Gasteiger partial charge in [-0.3, -0.25) is 14.6 Å². The molecule has 9 heteroatoms. The number of nitrogens with zero attached hydrogens (tertiary/aromatic N) is 2. The van der Waals surface area contributed by atoms with E-state index < -0.39 is 11.5 Å². The maximum absolute atomic E-state index is 13.8. The van der Waals surface area contributed by atoms with Gasteiger partial charge in [-0.25, -0.2) is 4.98 Å². The molecule has 2 N–H and O–H groups in total. The Morgan fingerprint density at radius 3 is 2.59 bits per heavy atom. The second-order valence-corrected chi connectivity index (χ2v) is 15.2. The number of ether oxygens (including phenoxy) is 2. The number of pyridine rings is 2. The van der Waals surface area contributed by atoms with Gasteiger partial charge in [-0.2, -0.15) is 0 Å². The first-order valence-corrected chi connectivity index (χ1v) is 17.2. The monoisotopic (exact) mass is 638 g/mol. The summed E-state index contributed by atoms with van der Waals surface area (Å²) in [5, 5.41) is 6.60. The van der Waals surface area contributed by atoms with Crippen molar-refractivity contribution in [3.63, 3.8) is 0 Å². The van der Waals surface area contributed by atoms with E-state index in [1.807, 2.05) is 49.3 Å². The maximum atomic E-state index is 13.8. The third kappa shape index (κ3) is 5.31. The lowest BCUT2D eigenvalue weighted by Crippen LogP contribution is -2.56. The molecule has 0 bridgehead atoms. The summed E-state index contributed by atoms with van der Waals surface area (Å²) in [6.45, 7) is 6.71. The molecular formula is C37H42N4O4S. The van der Waals surface area contributed by atoms with E-state index in [4.69, 9.17) is 9.47 Å². The molecule has 240 valence electrons. The molecule has 3 heterocycles. The number of aromatic nitrogens is 2. The van der Waals surface area contributed by atoms with Crippen LogP contribution in [0.4, 0.5) is 0 Å². The SMILES string of the molecule is COC1=C(NC(=O)c2cccc(C(=O)NC3SC4CCC5=C(C6CC6C=C5)C(C)(C)[C@@H](c5cccnc5)C43)n2)C(C)(OC)CC=C1. The largest absolute Gasteiger partial charge is 0.495 e. The maximum Gasteiger partial charge on any atom is 0.274 e. The van der Waals surface area contributed by atoms with Crippen molar-refractivity contribution in [3.8, 4) is 0 Å². The number of rotatable bonds is 7. The predicted molar refractivity (Wildman–Crippen MR) is 179 cm³/mol. The Morgan fingerprint density at radius 1 is 1.04 bits per heavy atom. The van der Waals surface area contributed by atoms with E-state index in [1.165, 1.54) is 17.6 Å².